The third-order valence-corrected chi connectivity index (χ3v) is 5.49. The van der Waals surface area contributed by atoms with E-state index in [-0.39, 0.29) is 0 Å². The fourth-order valence-electron chi connectivity index (χ4n) is 2.87. The molecule has 2 aromatic rings. The van der Waals surface area contributed by atoms with Crippen molar-refractivity contribution in [3.8, 4) is 10.6 Å². The van der Waals surface area contributed by atoms with Crippen molar-refractivity contribution >= 4 is 27.3 Å². The summed E-state index contributed by atoms with van der Waals surface area (Å²) in [6.07, 6.45) is 5.74. The maximum Gasteiger partial charge on any atom is 0.147 e. The van der Waals surface area contributed by atoms with Gasteiger partial charge in [-0.15, -0.1) is 10.2 Å². The van der Waals surface area contributed by atoms with Gasteiger partial charge in [-0.25, -0.2) is 0 Å². The van der Waals surface area contributed by atoms with Gasteiger partial charge in [0.15, 0.2) is 0 Å². The average Bonchev–Trinajstić information content (AvgIpc) is 2.88. The monoisotopic (exact) mass is 348 g/mol. The van der Waals surface area contributed by atoms with Gasteiger partial charge in [-0.1, -0.05) is 65.4 Å². The summed E-state index contributed by atoms with van der Waals surface area (Å²) in [7, 11) is 0. The maximum absolute atomic E-state index is 4.47. The van der Waals surface area contributed by atoms with Crippen LogP contribution in [0.4, 0.5) is 0 Å². The summed E-state index contributed by atoms with van der Waals surface area (Å²) in [6.45, 7) is 4.59. The highest BCUT2D eigenvalue weighted by Gasteiger charge is 2.29. The molecule has 0 N–H and O–H groups in total. The van der Waals surface area contributed by atoms with E-state index in [1.165, 1.54) is 5.01 Å². The molecule has 0 bridgehead atoms. The molecule has 1 heterocycles. The van der Waals surface area contributed by atoms with E-state index in [1.54, 1.807) is 11.3 Å². The molecule has 1 aliphatic rings. The standard InChI is InChI=1S/C16H17BrN2S/c1-10-5-3-6-11(2)14(10)16-19-18-15(20-16)12-7-4-8-13(17)9-12/h3-5,7-11,14H,6H2,1-2H3. The highest BCUT2D eigenvalue weighted by atomic mass is 79.9. The quantitative estimate of drug-likeness (QED) is 0.689. The van der Waals surface area contributed by atoms with Crippen molar-refractivity contribution in [2.45, 2.75) is 26.2 Å². The van der Waals surface area contributed by atoms with Gasteiger partial charge >= 0.3 is 0 Å². The van der Waals surface area contributed by atoms with Crippen molar-refractivity contribution in [2.24, 2.45) is 11.8 Å². The van der Waals surface area contributed by atoms with Gasteiger partial charge in [0.2, 0.25) is 0 Å². The predicted octanol–water partition coefficient (Wildman–Crippen LogP) is 5.28. The lowest BCUT2D eigenvalue weighted by atomic mass is 9.78. The number of allylic oxidation sites excluding steroid dienone is 2. The van der Waals surface area contributed by atoms with Crippen molar-refractivity contribution < 1.29 is 0 Å². The molecule has 4 heteroatoms. The zero-order valence-corrected chi connectivity index (χ0v) is 14.0. The van der Waals surface area contributed by atoms with Crippen LogP contribution in [-0.2, 0) is 0 Å². The minimum Gasteiger partial charge on any atom is -0.143 e. The summed E-state index contributed by atoms with van der Waals surface area (Å²) in [5.74, 6) is 1.68. The number of nitrogens with zero attached hydrogens (tertiary/aromatic N) is 2. The molecule has 0 fully saturated rings. The number of rotatable bonds is 2. The van der Waals surface area contributed by atoms with Crippen LogP contribution in [0.25, 0.3) is 10.6 Å². The van der Waals surface area contributed by atoms with Crippen LogP contribution in [0, 0.1) is 11.8 Å². The fraction of sp³-hybridized carbons (Fsp3) is 0.375. The van der Waals surface area contributed by atoms with Crippen molar-refractivity contribution in [1.82, 2.24) is 10.2 Å². The van der Waals surface area contributed by atoms with Crippen LogP contribution in [0.1, 0.15) is 31.2 Å². The Morgan fingerprint density at radius 3 is 2.85 bits per heavy atom. The first-order chi connectivity index (χ1) is 9.65. The highest BCUT2D eigenvalue weighted by molar-refractivity contribution is 9.10. The number of halogens is 1. The summed E-state index contributed by atoms with van der Waals surface area (Å²) in [5, 5.41) is 11.0. The van der Waals surface area contributed by atoms with Crippen LogP contribution in [0.5, 0.6) is 0 Å². The van der Waals surface area contributed by atoms with E-state index in [9.17, 15) is 0 Å². The first kappa shape index (κ1) is 14.0. The van der Waals surface area contributed by atoms with Crippen molar-refractivity contribution in [3.63, 3.8) is 0 Å². The molecule has 3 atom stereocenters. The molecule has 0 amide bonds. The Bertz CT molecular complexity index is 635. The third-order valence-electron chi connectivity index (χ3n) is 3.92. The number of hydrogen-bond donors (Lipinski definition) is 0. The van der Waals surface area contributed by atoms with Gasteiger partial charge in [0.25, 0.3) is 0 Å². The SMILES string of the molecule is CC1C=CCC(C)C1c1nnc(-c2cccc(Br)c2)s1. The molecule has 0 saturated heterocycles. The second-order valence-electron chi connectivity index (χ2n) is 5.48. The lowest BCUT2D eigenvalue weighted by Gasteiger charge is -2.28. The van der Waals surface area contributed by atoms with Crippen molar-refractivity contribution in [1.29, 1.82) is 0 Å². The minimum absolute atomic E-state index is 0.499. The third kappa shape index (κ3) is 2.72. The van der Waals surface area contributed by atoms with Crippen LogP contribution in [0.2, 0.25) is 0 Å². The summed E-state index contributed by atoms with van der Waals surface area (Å²) in [6, 6.07) is 8.25. The molecule has 104 valence electrons. The first-order valence-electron chi connectivity index (χ1n) is 6.91. The lowest BCUT2D eigenvalue weighted by molar-refractivity contribution is 0.371. The number of benzene rings is 1. The molecule has 0 aliphatic heterocycles. The largest absolute Gasteiger partial charge is 0.147 e. The second kappa shape index (κ2) is 5.78. The van der Waals surface area contributed by atoms with E-state index in [4.69, 9.17) is 0 Å². The Kier molecular flexibility index (Phi) is 4.03. The van der Waals surface area contributed by atoms with Gasteiger partial charge in [-0.2, -0.15) is 0 Å². The van der Waals surface area contributed by atoms with E-state index in [1.807, 2.05) is 12.1 Å². The van der Waals surface area contributed by atoms with Crippen LogP contribution in [-0.4, -0.2) is 10.2 Å². The highest BCUT2D eigenvalue weighted by Crippen LogP contribution is 2.40. The Labute approximate surface area is 132 Å². The zero-order chi connectivity index (χ0) is 14.1. The van der Waals surface area contributed by atoms with Crippen LogP contribution in [0.15, 0.2) is 40.9 Å². The number of hydrogen-bond acceptors (Lipinski definition) is 3. The normalized spacial score (nSPS) is 25.9. The van der Waals surface area contributed by atoms with Gasteiger partial charge in [-0.05, 0) is 30.4 Å². The van der Waals surface area contributed by atoms with E-state index >= 15 is 0 Å². The van der Waals surface area contributed by atoms with E-state index in [0.717, 1.165) is 21.5 Å². The molecule has 0 radical (unpaired) electrons. The predicted molar refractivity (Wildman–Crippen MR) is 87.9 cm³/mol. The smallest absolute Gasteiger partial charge is 0.143 e. The van der Waals surface area contributed by atoms with Crippen LogP contribution >= 0.6 is 27.3 Å². The summed E-state index contributed by atoms with van der Waals surface area (Å²) in [4.78, 5) is 0. The average molecular weight is 349 g/mol. The topological polar surface area (TPSA) is 25.8 Å². The maximum atomic E-state index is 4.47. The van der Waals surface area contributed by atoms with Gasteiger partial charge in [0.05, 0.1) is 0 Å². The Balaban J connectivity index is 1.92. The van der Waals surface area contributed by atoms with E-state index in [2.05, 4.69) is 64.3 Å². The molecule has 1 aromatic heterocycles. The molecule has 3 unspecified atom stereocenters. The lowest BCUT2D eigenvalue weighted by Crippen LogP contribution is -2.19. The molecule has 20 heavy (non-hydrogen) atoms. The fourth-order valence-corrected chi connectivity index (χ4v) is 4.46. The number of aromatic nitrogens is 2. The molecule has 1 aliphatic carbocycles. The molecule has 0 spiro atoms. The van der Waals surface area contributed by atoms with Gasteiger partial charge < -0.3 is 0 Å². The Hall–Kier alpha value is -1.000. The van der Waals surface area contributed by atoms with Gasteiger partial charge in [0, 0.05) is 16.0 Å². The minimum atomic E-state index is 0.499. The Morgan fingerprint density at radius 1 is 1.25 bits per heavy atom. The first-order valence-corrected chi connectivity index (χ1v) is 8.52. The molecule has 3 rings (SSSR count). The molecular weight excluding hydrogens is 332 g/mol. The van der Waals surface area contributed by atoms with Crippen molar-refractivity contribution in [2.75, 3.05) is 0 Å². The Morgan fingerprint density at radius 2 is 2.10 bits per heavy atom. The van der Waals surface area contributed by atoms with Gasteiger partial charge in [-0.3, -0.25) is 0 Å². The molecule has 1 aromatic carbocycles. The molecule has 2 nitrogen and oxygen atoms in total. The van der Waals surface area contributed by atoms with Crippen LogP contribution < -0.4 is 0 Å². The molecule has 0 saturated carbocycles. The summed E-state index contributed by atoms with van der Waals surface area (Å²) < 4.78 is 1.08. The van der Waals surface area contributed by atoms with Crippen LogP contribution in [0.3, 0.4) is 0 Å². The zero-order valence-electron chi connectivity index (χ0n) is 11.6. The summed E-state index contributed by atoms with van der Waals surface area (Å²) in [5.41, 5.74) is 1.13. The van der Waals surface area contributed by atoms with E-state index < -0.39 is 0 Å². The molecular formula is C16H17BrN2S. The van der Waals surface area contributed by atoms with E-state index in [0.29, 0.717) is 17.8 Å². The van der Waals surface area contributed by atoms with Gasteiger partial charge in [0.1, 0.15) is 10.0 Å². The summed E-state index contributed by atoms with van der Waals surface area (Å²) >= 11 is 5.24. The second-order valence-corrected chi connectivity index (χ2v) is 7.41. The van der Waals surface area contributed by atoms with Crippen molar-refractivity contribution in [3.05, 3.63) is 45.9 Å².